The summed E-state index contributed by atoms with van der Waals surface area (Å²) in [4.78, 5) is 25.0. The molecule has 138 valence electrons. The fourth-order valence-electron chi connectivity index (χ4n) is 2.67. The average molecular weight is 356 g/mol. The number of benzene rings is 2. The second-order valence-corrected chi connectivity index (χ2v) is 7.05. The molecule has 0 bridgehead atoms. The van der Waals surface area contributed by atoms with Gasteiger partial charge in [0, 0.05) is 12.2 Å². The van der Waals surface area contributed by atoms with E-state index >= 15 is 0 Å². The number of rotatable bonds is 6. The van der Waals surface area contributed by atoms with Crippen LogP contribution in [0.4, 0.5) is 10.1 Å². The molecule has 0 radical (unpaired) electrons. The highest BCUT2D eigenvalue weighted by molar-refractivity contribution is 6.09. The lowest BCUT2D eigenvalue weighted by Gasteiger charge is -2.23. The van der Waals surface area contributed by atoms with Crippen molar-refractivity contribution >= 4 is 17.5 Å². The van der Waals surface area contributed by atoms with E-state index in [4.69, 9.17) is 0 Å². The van der Waals surface area contributed by atoms with E-state index in [1.54, 1.807) is 32.0 Å². The number of amides is 2. The molecular weight excluding hydrogens is 331 g/mol. The standard InChI is InChI=1S/C21H25FN2O2/c1-14-11-15(2)13-17(12-14)24-20(26)21(3,4)19(25)23-10-9-16-7-5-6-8-18(16)22/h5-8,11-13H,9-10H2,1-4H3,(H,23,25)(H,24,26). The Morgan fingerprint density at radius 2 is 1.62 bits per heavy atom. The predicted octanol–water partition coefficient (Wildman–Crippen LogP) is 3.77. The van der Waals surface area contributed by atoms with Crippen LogP contribution in [0.15, 0.2) is 42.5 Å². The molecule has 0 heterocycles. The minimum Gasteiger partial charge on any atom is -0.355 e. The molecule has 2 amide bonds. The molecule has 2 aromatic carbocycles. The maximum absolute atomic E-state index is 13.6. The van der Waals surface area contributed by atoms with Gasteiger partial charge in [-0.15, -0.1) is 0 Å². The number of hydrogen-bond donors (Lipinski definition) is 2. The molecule has 0 spiro atoms. The Morgan fingerprint density at radius 1 is 1.00 bits per heavy atom. The Morgan fingerprint density at radius 3 is 2.23 bits per heavy atom. The smallest absolute Gasteiger partial charge is 0.239 e. The van der Waals surface area contributed by atoms with Crippen molar-refractivity contribution in [2.24, 2.45) is 5.41 Å². The van der Waals surface area contributed by atoms with E-state index in [9.17, 15) is 14.0 Å². The molecule has 26 heavy (non-hydrogen) atoms. The third-order valence-corrected chi connectivity index (χ3v) is 4.25. The van der Waals surface area contributed by atoms with Gasteiger partial charge >= 0.3 is 0 Å². The molecule has 0 unspecified atom stereocenters. The van der Waals surface area contributed by atoms with Crippen LogP contribution >= 0.6 is 0 Å². The number of nitrogens with one attached hydrogen (secondary N) is 2. The molecular formula is C21H25FN2O2. The van der Waals surface area contributed by atoms with Gasteiger partial charge in [-0.05, 0) is 69.0 Å². The summed E-state index contributed by atoms with van der Waals surface area (Å²) in [6.07, 6.45) is 0.368. The van der Waals surface area contributed by atoms with Crippen molar-refractivity contribution in [3.05, 3.63) is 65.0 Å². The molecule has 0 saturated heterocycles. The first-order chi connectivity index (χ1) is 12.2. The first-order valence-electron chi connectivity index (χ1n) is 8.61. The lowest BCUT2D eigenvalue weighted by atomic mass is 9.90. The number of anilines is 1. The van der Waals surface area contributed by atoms with Gasteiger partial charge in [-0.2, -0.15) is 0 Å². The zero-order valence-corrected chi connectivity index (χ0v) is 15.7. The molecule has 2 aromatic rings. The topological polar surface area (TPSA) is 58.2 Å². The zero-order valence-electron chi connectivity index (χ0n) is 15.7. The summed E-state index contributed by atoms with van der Waals surface area (Å²) < 4.78 is 13.6. The van der Waals surface area contributed by atoms with Gasteiger partial charge in [-0.3, -0.25) is 9.59 Å². The van der Waals surface area contributed by atoms with Gasteiger partial charge in [0.25, 0.3) is 0 Å². The second kappa shape index (κ2) is 8.13. The fraction of sp³-hybridized carbons (Fsp3) is 0.333. The molecule has 2 rings (SSSR count). The first kappa shape index (κ1) is 19.6. The van der Waals surface area contributed by atoms with Crippen LogP contribution in [-0.2, 0) is 16.0 Å². The molecule has 0 aliphatic carbocycles. The average Bonchev–Trinajstić information content (AvgIpc) is 2.55. The molecule has 0 aromatic heterocycles. The maximum atomic E-state index is 13.6. The van der Waals surface area contributed by atoms with E-state index in [-0.39, 0.29) is 18.3 Å². The van der Waals surface area contributed by atoms with Gasteiger partial charge in [0.15, 0.2) is 0 Å². The predicted molar refractivity (Wildman–Crippen MR) is 101 cm³/mol. The summed E-state index contributed by atoms with van der Waals surface area (Å²) in [6.45, 7) is 7.30. The molecule has 2 N–H and O–H groups in total. The van der Waals surface area contributed by atoms with Crippen LogP contribution in [-0.4, -0.2) is 18.4 Å². The molecule has 0 saturated carbocycles. The third-order valence-electron chi connectivity index (χ3n) is 4.25. The Kier molecular flexibility index (Phi) is 6.14. The number of carbonyl (C=O) groups excluding carboxylic acids is 2. The minimum atomic E-state index is -1.24. The number of aryl methyl sites for hydroxylation is 2. The summed E-state index contributed by atoms with van der Waals surface area (Å²) >= 11 is 0. The lowest BCUT2D eigenvalue weighted by Crippen LogP contribution is -2.45. The van der Waals surface area contributed by atoms with Crippen LogP contribution in [0.25, 0.3) is 0 Å². The summed E-state index contributed by atoms with van der Waals surface area (Å²) in [5.41, 5.74) is 2.03. The van der Waals surface area contributed by atoms with E-state index in [1.807, 2.05) is 32.0 Å². The molecule has 0 atom stereocenters. The van der Waals surface area contributed by atoms with Gasteiger partial charge < -0.3 is 10.6 Å². The highest BCUT2D eigenvalue weighted by atomic mass is 19.1. The van der Waals surface area contributed by atoms with E-state index in [1.165, 1.54) is 6.07 Å². The SMILES string of the molecule is Cc1cc(C)cc(NC(=O)C(C)(C)C(=O)NCCc2ccccc2F)c1. The largest absolute Gasteiger partial charge is 0.355 e. The van der Waals surface area contributed by atoms with Crippen LogP contribution in [0.3, 0.4) is 0 Å². The molecule has 4 nitrogen and oxygen atoms in total. The number of halogens is 1. The summed E-state index contributed by atoms with van der Waals surface area (Å²) in [5.74, 6) is -1.07. The number of hydrogen-bond acceptors (Lipinski definition) is 2. The van der Waals surface area contributed by atoms with Crippen molar-refractivity contribution < 1.29 is 14.0 Å². The molecule has 0 aliphatic heterocycles. The van der Waals surface area contributed by atoms with Gasteiger partial charge in [0.05, 0.1) is 0 Å². The molecule has 0 fully saturated rings. The van der Waals surface area contributed by atoms with Crippen molar-refractivity contribution in [3.63, 3.8) is 0 Å². The van der Waals surface area contributed by atoms with Crippen molar-refractivity contribution in [3.8, 4) is 0 Å². The second-order valence-electron chi connectivity index (χ2n) is 7.05. The quantitative estimate of drug-likeness (QED) is 0.774. The highest BCUT2D eigenvalue weighted by Crippen LogP contribution is 2.21. The van der Waals surface area contributed by atoms with Crippen molar-refractivity contribution in [1.82, 2.24) is 5.32 Å². The van der Waals surface area contributed by atoms with E-state index in [2.05, 4.69) is 10.6 Å². The summed E-state index contributed by atoms with van der Waals surface area (Å²) in [5, 5.41) is 5.52. The Hall–Kier alpha value is -2.69. The van der Waals surface area contributed by atoms with Crippen LogP contribution in [0.2, 0.25) is 0 Å². The van der Waals surface area contributed by atoms with E-state index < -0.39 is 11.3 Å². The fourth-order valence-corrected chi connectivity index (χ4v) is 2.67. The van der Waals surface area contributed by atoms with Crippen molar-refractivity contribution in [1.29, 1.82) is 0 Å². The highest BCUT2D eigenvalue weighted by Gasteiger charge is 2.35. The van der Waals surface area contributed by atoms with Gasteiger partial charge in [0.1, 0.15) is 11.2 Å². The van der Waals surface area contributed by atoms with E-state index in [0.717, 1.165) is 11.1 Å². The zero-order chi connectivity index (χ0) is 19.3. The lowest BCUT2D eigenvalue weighted by molar-refractivity contribution is -0.138. The Balaban J connectivity index is 1.95. The van der Waals surface area contributed by atoms with Crippen LogP contribution in [0, 0.1) is 25.1 Å². The van der Waals surface area contributed by atoms with Gasteiger partial charge in [-0.1, -0.05) is 24.3 Å². The minimum absolute atomic E-state index is 0.264. The first-order valence-corrected chi connectivity index (χ1v) is 8.61. The van der Waals surface area contributed by atoms with Crippen molar-refractivity contribution in [2.75, 3.05) is 11.9 Å². The monoisotopic (exact) mass is 356 g/mol. The normalized spacial score (nSPS) is 11.1. The molecule has 0 aliphatic rings. The van der Waals surface area contributed by atoms with E-state index in [0.29, 0.717) is 17.7 Å². The summed E-state index contributed by atoms with van der Waals surface area (Å²) in [7, 11) is 0. The van der Waals surface area contributed by atoms with Gasteiger partial charge in [-0.25, -0.2) is 4.39 Å². The van der Waals surface area contributed by atoms with Crippen LogP contribution in [0.5, 0.6) is 0 Å². The van der Waals surface area contributed by atoms with Crippen molar-refractivity contribution in [2.45, 2.75) is 34.1 Å². The third kappa shape index (κ3) is 4.91. The van der Waals surface area contributed by atoms with Crippen LogP contribution in [0.1, 0.15) is 30.5 Å². The van der Waals surface area contributed by atoms with Gasteiger partial charge in [0.2, 0.25) is 11.8 Å². The Bertz CT molecular complexity index is 795. The molecule has 5 heteroatoms. The number of carbonyl (C=O) groups is 2. The maximum Gasteiger partial charge on any atom is 0.239 e. The summed E-state index contributed by atoms with van der Waals surface area (Å²) in [6, 6.07) is 12.2. The van der Waals surface area contributed by atoms with Crippen LogP contribution < -0.4 is 10.6 Å². The Labute approximate surface area is 153 Å².